The number of likely N-dealkylation sites (tertiary alicyclic amines) is 1. The Hall–Kier alpha value is -0.800. The van der Waals surface area contributed by atoms with Crippen molar-refractivity contribution in [3.8, 4) is 0 Å². The molecule has 90 valence electrons. The fourth-order valence-electron chi connectivity index (χ4n) is 2.70. The van der Waals surface area contributed by atoms with Crippen LogP contribution in [-0.2, 0) is 13.6 Å². The summed E-state index contributed by atoms with van der Waals surface area (Å²) in [7, 11) is 2.17. The highest BCUT2D eigenvalue weighted by Gasteiger charge is 2.14. The molecule has 0 bridgehead atoms. The van der Waals surface area contributed by atoms with Gasteiger partial charge in [-0.05, 0) is 50.2 Å². The first kappa shape index (κ1) is 11.3. The number of benzene rings is 1. The Bertz CT molecular complexity index is 538. The lowest BCUT2D eigenvalue weighted by molar-refractivity contribution is 0.324. The summed E-state index contributed by atoms with van der Waals surface area (Å²) in [6.45, 7) is 3.60. The van der Waals surface area contributed by atoms with E-state index in [0.29, 0.717) is 0 Å². The Kier molecular flexibility index (Phi) is 2.97. The first-order valence-corrected chi connectivity index (χ1v) is 6.99. The van der Waals surface area contributed by atoms with Crippen molar-refractivity contribution < 1.29 is 0 Å². The van der Waals surface area contributed by atoms with Gasteiger partial charge in [0.1, 0.15) is 0 Å². The lowest BCUT2D eigenvalue weighted by Gasteiger charge is -2.14. The average molecular weight is 293 g/mol. The van der Waals surface area contributed by atoms with Gasteiger partial charge in [0.15, 0.2) is 0 Å². The van der Waals surface area contributed by atoms with Crippen molar-refractivity contribution in [3.63, 3.8) is 0 Å². The molecule has 0 atom stereocenters. The summed E-state index contributed by atoms with van der Waals surface area (Å²) in [5.41, 5.74) is 2.74. The first-order chi connectivity index (χ1) is 8.24. The van der Waals surface area contributed by atoms with Crippen molar-refractivity contribution in [2.75, 3.05) is 13.1 Å². The smallest absolute Gasteiger partial charge is 0.0481 e. The van der Waals surface area contributed by atoms with E-state index >= 15 is 0 Å². The van der Waals surface area contributed by atoms with Crippen LogP contribution in [0.25, 0.3) is 10.9 Å². The van der Waals surface area contributed by atoms with Crippen LogP contribution in [0.5, 0.6) is 0 Å². The molecule has 1 aliphatic rings. The zero-order valence-corrected chi connectivity index (χ0v) is 11.7. The predicted octanol–water partition coefficient (Wildman–Crippen LogP) is 3.54. The van der Waals surface area contributed by atoms with E-state index in [4.69, 9.17) is 0 Å². The summed E-state index contributed by atoms with van der Waals surface area (Å²) in [6.07, 6.45) is 2.71. The molecule has 0 N–H and O–H groups in total. The SMILES string of the molecule is Cn1c(CN2CCCC2)cc2cc(Br)ccc21. The molecule has 1 aliphatic heterocycles. The van der Waals surface area contributed by atoms with Crippen LogP contribution >= 0.6 is 15.9 Å². The number of hydrogen-bond donors (Lipinski definition) is 0. The van der Waals surface area contributed by atoms with E-state index in [1.165, 1.54) is 42.5 Å². The van der Waals surface area contributed by atoms with E-state index in [1.807, 2.05) is 0 Å². The number of fused-ring (bicyclic) bond motifs is 1. The van der Waals surface area contributed by atoms with Crippen LogP contribution in [0, 0.1) is 0 Å². The first-order valence-electron chi connectivity index (χ1n) is 6.20. The molecule has 2 nitrogen and oxygen atoms in total. The Morgan fingerprint density at radius 3 is 2.71 bits per heavy atom. The lowest BCUT2D eigenvalue weighted by atomic mass is 10.2. The highest BCUT2D eigenvalue weighted by molar-refractivity contribution is 9.10. The standard InChI is InChI=1S/C14H17BrN2/c1-16-13(10-17-6-2-3-7-17)9-11-8-12(15)4-5-14(11)16/h4-5,8-9H,2-3,6-7,10H2,1H3. The number of aryl methyl sites for hydroxylation is 1. The van der Waals surface area contributed by atoms with Gasteiger partial charge in [0, 0.05) is 34.7 Å². The van der Waals surface area contributed by atoms with Gasteiger partial charge in [-0.25, -0.2) is 0 Å². The molecule has 0 unspecified atom stereocenters. The quantitative estimate of drug-likeness (QED) is 0.822. The highest BCUT2D eigenvalue weighted by Crippen LogP contribution is 2.24. The number of aromatic nitrogens is 1. The second-order valence-corrected chi connectivity index (χ2v) is 5.80. The molecule has 0 amide bonds. The molecule has 1 aromatic carbocycles. The van der Waals surface area contributed by atoms with E-state index in [2.05, 4.69) is 56.7 Å². The molecular weight excluding hydrogens is 276 g/mol. The topological polar surface area (TPSA) is 8.17 Å². The van der Waals surface area contributed by atoms with E-state index in [0.717, 1.165) is 11.0 Å². The van der Waals surface area contributed by atoms with Crippen LogP contribution in [0.3, 0.4) is 0 Å². The molecule has 0 saturated carbocycles. The van der Waals surface area contributed by atoms with Gasteiger partial charge in [-0.3, -0.25) is 4.90 Å². The third-order valence-electron chi connectivity index (χ3n) is 3.69. The van der Waals surface area contributed by atoms with Gasteiger partial charge in [0.2, 0.25) is 0 Å². The van der Waals surface area contributed by atoms with Crippen LogP contribution in [0.1, 0.15) is 18.5 Å². The fraction of sp³-hybridized carbons (Fsp3) is 0.429. The van der Waals surface area contributed by atoms with Crippen LogP contribution in [0.15, 0.2) is 28.7 Å². The minimum atomic E-state index is 1.09. The number of hydrogen-bond acceptors (Lipinski definition) is 1. The normalized spacial score (nSPS) is 17.1. The molecule has 1 fully saturated rings. The summed E-state index contributed by atoms with van der Waals surface area (Å²) in [5, 5.41) is 1.33. The van der Waals surface area contributed by atoms with Crippen LogP contribution in [0.2, 0.25) is 0 Å². The molecule has 0 aliphatic carbocycles. The maximum absolute atomic E-state index is 3.53. The van der Waals surface area contributed by atoms with E-state index < -0.39 is 0 Å². The number of halogens is 1. The van der Waals surface area contributed by atoms with E-state index in [-0.39, 0.29) is 0 Å². The van der Waals surface area contributed by atoms with Crippen molar-refractivity contribution in [2.24, 2.45) is 7.05 Å². The zero-order valence-electron chi connectivity index (χ0n) is 10.1. The Morgan fingerprint density at radius 1 is 1.18 bits per heavy atom. The predicted molar refractivity (Wildman–Crippen MR) is 75.1 cm³/mol. The molecule has 3 rings (SSSR count). The maximum atomic E-state index is 3.53. The zero-order chi connectivity index (χ0) is 11.8. The van der Waals surface area contributed by atoms with Crippen molar-refractivity contribution in [3.05, 3.63) is 34.4 Å². The summed E-state index contributed by atoms with van der Waals surface area (Å²) < 4.78 is 3.48. The second-order valence-electron chi connectivity index (χ2n) is 4.88. The van der Waals surface area contributed by atoms with E-state index in [9.17, 15) is 0 Å². The Balaban J connectivity index is 1.96. The maximum Gasteiger partial charge on any atom is 0.0481 e. The third-order valence-corrected chi connectivity index (χ3v) is 4.18. The molecule has 1 saturated heterocycles. The van der Waals surface area contributed by atoms with Gasteiger partial charge < -0.3 is 4.57 Å². The largest absolute Gasteiger partial charge is 0.346 e. The van der Waals surface area contributed by atoms with Gasteiger partial charge in [-0.15, -0.1) is 0 Å². The van der Waals surface area contributed by atoms with Crippen molar-refractivity contribution in [1.29, 1.82) is 0 Å². The summed E-state index contributed by atoms with van der Waals surface area (Å²) in [6, 6.07) is 8.82. The van der Waals surface area contributed by atoms with Crippen molar-refractivity contribution in [1.82, 2.24) is 9.47 Å². The minimum absolute atomic E-state index is 1.09. The third kappa shape index (κ3) is 2.14. The molecule has 0 spiro atoms. The molecular formula is C14H17BrN2. The average Bonchev–Trinajstić information content (AvgIpc) is 2.89. The van der Waals surface area contributed by atoms with Crippen molar-refractivity contribution >= 4 is 26.8 Å². The van der Waals surface area contributed by atoms with Gasteiger partial charge in [-0.2, -0.15) is 0 Å². The monoisotopic (exact) mass is 292 g/mol. The Labute approximate surface area is 110 Å². The number of rotatable bonds is 2. The fourth-order valence-corrected chi connectivity index (χ4v) is 3.08. The minimum Gasteiger partial charge on any atom is -0.346 e. The highest BCUT2D eigenvalue weighted by atomic mass is 79.9. The van der Waals surface area contributed by atoms with Crippen LogP contribution in [0.4, 0.5) is 0 Å². The molecule has 17 heavy (non-hydrogen) atoms. The molecule has 2 heterocycles. The van der Waals surface area contributed by atoms with Crippen LogP contribution in [-0.4, -0.2) is 22.6 Å². The second kappa shape index (κ2) is 4.46. The molecule has 3 heteroatoms. The van der Waals surface area contributed by atoms with Crippen molar-refractivity contribution in [2.45, 2.75) is 19.4 Å². The van der Waals surface area contributed by atoms with Gasteiger partial charge in [0.25, 0.3) is 0 Å². The molecule has 1 aromatic heterocycles. The van der Waals surface area contributed by atoms with E-state index in [1.54, 1.807) is 0 Å². The summed E-state index contributed by atoms with van der Waals surface area (Å²) >= 11 is 3.53. The summed E-state index contributed by atoms with van der Waals surface area (Å²) in [4.78, 5) is 2.54. The Morgan fingerprint density at radius 2 is 1.94 bits per heavy atom. The lowest BCUT2D eigenvalue weighted by Crippen LogP contribution is -2.19. The van der Waals surface area contributed by atoms with Gasteiger partial charge in [-0.1, -0.05) is 15.9 Å². The van der Waals surface area contributed by atoms with Gasteiger partial charge >= 0.3 is 0 Å². The molecule has 0 radical (unpaired) electrons. The number of nitrogens with zero attached hydrogens (tertiary/aromatic N) is 2. The van der Waals surface area contributed by atoms with Gasteiger partial charge in [0.05, 0.1) is 0 Å². The molecule has 2 aromatic rings. The van der Waals surface area contributed by atoms with Crippen LogP contribution < -0.4 is 0 Å². The summed E-state index contributed by atoms with van der Waals surface area (Å²) in [5.74, 6) is 0.